The standard InChI is InChI=1S/C14H15ClN2OS/c15-11-5-3-10(4-6-11)13-9-19-14(17-13)16-8-12-2-1-7-18-12/h3-6,9,12H,1-2,7-8H2,(H,16,17)/t12-/m1/s1. The van der Waals surface area contributed by atoms with Gasteiger partial charge in [-0.25, -0.2) is 4.98 Å². The molecule has 1 aliphatic heterocycles. The first-order valence-electron chi connectivity index (χ1n) is 6.38. The maximum atomic E-state index is 5.88. The molecule has 0 radical (unpaired) electrons. The quantitative estimate of drug-likeness (QED) is 0.923. The van der Waals surface area contributed by atoms with Crippen molar-refractivity contribution >= 4 is 28.1 Å². The summed E-state index contributed by atoms with van der Waals surface area (Å²) >= 11 is 7.50. The Hall–Kier alpha value is -1.10. The molecule has 1 aromatic carbocycles. The molecule has 1 fully saturated rings. The summed E-state index contributed by atoms with van der Waals surface area (Å²) in [5, 5.41) is 7.09. The zero-order chi connectivity index (χ0) is 13.1. The van der Waals surface area contributed by atoms with Crippen LogP contribution in [0.15, 0.2) is 29.6 Å². The molecule has 19 heavy (non-hydrogen) atoms. The minimum Gasteiger partial charge on any atom is -0.376 e. The van der Waals surface area contributed by atoms with Gasteiger partial charge in [-0.1, -0.05) is 23.7 Å². The maximum absolute atomic E-state index is 5.88. The summed E-state index contributed by atoms with van der Waals surface area (Å²) in [6.07, 6.45) is 2.64. The van der Waals surface area contributed by atoms with E-state index in [1.807, 2.05) is 24.3 Å². The van der Waals surface area contributed by atoms with Gasteiger partial charge in [-0.3, -0.25) is 0 Å². The Balaban J connectivity index is 1.63. The third kappa shape index (κ3) is 3.26. The summed E-state index contributed by atoms with van der Waals surface area (Å²) in [5.74, 6) is 0. The summed E-state index contributed by atoms with van der Waals surface area (Å²) in [7, 11) is 0. The van der Waals surface area contributed by atoms with Crippen LogP contribution in [0.3, 0.4) is 0 Å². The van der Waals surface area contributed by atoms with Gasteiger partial charge in [0.05, 0.1) is 11.8 Å². The van der Waals surface area contributed by atoms with Crippen LogP contribution < -0.4 is 5.32 Å². The number of halogens is 1. The predicted octanol–water partition coefficient (Wildman–Crippen LogP) is 4.05. The third-order valence-corrected chi connectivity index (χ3v) is 4.20. The van der Waals surface area contributed by atoms with Gasteiger partial charge < -0.3 is 10.1 Å². The van der Waals surface area contributed by atoms with Crippen molar-refractivity contribution in [2.75, 3.05) is 18.5 Å². The third-order valence-electron chi connectivity index (χ3n) is 3.15. The molecule has 0 bridgehead atoms. The van der Waals surface area contributed by atoms with Crippen molar-refractivity contribution < 1.29 is 4.74 Å². The molecule has 3 rings (SSSR count). The summed E-state index contributed by atoms with van der Waals surface area (Å²) in [6.45, 7) is 1.73. The molecule has 0 unspecified atom stereocenters. The van der Waals surface area contributed by atoms with Gasteiger partial charge in [0, 0.05) is 29.1 Å². The number of ether oxygens (including phenoxy) is 1. The SMILES string of the molecule is Clc1ccc(-c2csc(NC[C@H]3CCCO3)n2)cc1. The molecular weight excluding hydrogens is 280 g/mol. The Morgan fingerprint density at radius 2 is 2.21 bits per heavy atom. The molecule has 1 aliphatic rings. The fourth-order valence-electron chi connectivity index (χ4n) is 2.11. The minimum absolute atomic E-state index is 0.336. The lowest BCUT2D eigenvalue weighted by Crippen LogP contribution is -2.18. The number of hydrogen-bond donors (Lipinski definition) is 1. The lowest BCUT2D eigenvalue weighted by Gasteiger charge is -2.09. The highest BCUT2D eigenvalue weighted by Gasteiger charge is 2.15. The van der Waals surface area contributed by atoms with E-state index < -0.39 is 0 Å². The molecule has 5 heteroatoms. The average Bonchev–Trinajstić information content (AvgIpc) is 3.09. The molecule has 1 N–H and O–H groups in total. The Kier molecular flexibility index (Phi) is 4.01. The molecular formula is C14H15ClN2OS. The van der Waals surface area contributed by atoms with E-state index in [0.717, 1.165) is 41.0 Å². The number of anilines is 1. The minimum atomic E-state index is 0.336. The molecule has 1 aromatic heterocycles. The van der Waals surface area contributed by atoms with Crippen molar-refractivity contribution in [3.63, 3.8) is 0 Å². The van der Waals surface area contributed by atoms with Gasteiger partial charge >= 0.3 is 0 Å². The van der Waals surface area contributed by atoms with Crippen LogP contribution in [0.4, 0.5) is 5.13 Å². The van der Waals surface area contributed by atoms with Crippen LogP contribution in [-0.2, 0) is 4.74 Å². The summed E-state index contributed by atoms with van der Waals surface area (Å²) in [6, 6.07) is 7.74. The molecule has 3 nitrogen and oxygen atoms in total. The zero-order valence-electron chi connectivity index (χ0n) is 10.4. The van der Waals surface area contributed by atoms with Crippen LogP contribution in [0.5, 0.6) is 0 Å². The largest absolute Gasteiger partial charge is 0.376 e. The van der Waals surface area contributed by atoms with Crippen molar-refractivity contribution in [2.45, 2.75) is 18.9 Å². The second-order valence-electron chi connectivity index (χ2n) is 4.56. The summed E-state index contributed by atoms with van der Waals surface area (Å²) in [4.78, 5) is 4.58. The van der Waals surface area contributed by atoms with Gasteiger partial charge in [-0.05, 0) is 25.0 Å². The van der Waals surface area contributed by atoms with Crippen molar-refractivity contribution in [1.82, 2.24) is 4.98 Å². The smallest absolute Gasteiger partial charge is 0.183 e. The second kappa shape index (κ2) is 5.90. The number of nitrogens with zero attached hydrogens (tertiary/aromatic N) is 1. The topological polar surface area (TPSA) is 34.1 Å². The van der Waals surface area contributed by atoms with Gasteiger partial charge in [0.25, 0.3) is 0 Å². The van der Waals surface area contributed by atoms with E-state index in [-0.39, 0.29) is 0 Å². The highest BCUT2D eigenvalue weighted by atomic mass is 35.5. The van der Waals surface area contributed by atoms with Crippen LogP contribution >= 0.6 is 22.9 Å². The van der Waals surface area contributed by atoms with Crippen LogP contribution in [0.25, 0.3) is 11.3 Å². The number of hydrogen-bond acceptors (Lipinski definition) is 4. The van der Waals surface area contributed by atoms with E-state index >= 15 is 0 Å². The van der Waals surface area contributed by atoms with Gasteiger partial charge in [-0.15, -0.1) is 11.3 Å². The first-order valence-corrected chi connectivity index (χ1v) is 7.64. The Morgan fingerprint density at radius 1 is 1.37 bits per heavy atom. The first kappa shape index (κ1) is 12.9. The summed E-state index contributed by atoms with van der Waals surface area (Å²) < 4.78 is 5.58. The lowest BCUT2D eigenvalue weighted by molar-refractivity contribution is 0.120. The molecule has 2 heterocycles. The van der Waals surface area contributed by atoms with Gasteiger partial charge in [0.1, 0.15) is 0 Å². The average molecular weight is 295 g/mol. The lowest BCUT2D eigenvalue weighted by atomic mass is 10.2. The van der Waals surface area contributed by atoms with Crippen molar-refractivity contribution in [1.29, 1.82) is 0 Å². The van der Waals surface area contributed by atoms with Crippen LogP contribution in [0, 0.1) is 0 Å². The molecule has 0 spiro atoms. The molecule has 0 saturated carbocycles. The number of thiazole rings is 1. The molecule has 100 valence electrons. The van der Waals surface area contributed by atoms with E-state index in [1.54, 1.807) is 11.3 Å². The monoisotopic (exact) mass is 294 g/mol. The van der Waals surface area contributed by atoms with Crippen molar-refractivity contribution in [3.05, 3.63) is 34.7 Å². The van der Waals surface area contributed by atoms with Gasteiger partial charge in [0.2, 0.25) is 0 Å². The number of aromatic nitrogens is 1. The van der Waals surface area contributed by atoms with E-state index in [1.165, 1.54) is 6.42 Å². The van der Waals surface area contributed by atoms with Crippen molar-refractivity contribution in [2.24, 2.45) is 0 Å². The Bertz CT molecular complexity index is 535. The normalized spacial score (nSPS) is 18.7. The molecule has 0 amide bonds. The highest BCUT2D eigenvalue weighted by molar-refractivity contribution is 7.14. The molecule has 0 aliphatic carbocycles. The predicted molar refractivity (Wildman–Crippen MR) is 80.0 cm³/mol. The fraction of sp³-hybridized carbons (Fsp3) is 0.357. The Morgan fingerprint density at radius 3 is 2.95 bits per heavy atom. The van der Waals surface area contributed by atoms with E-state index in [2.05, 4.69) is 15.7 Å². The van der Waals surface area contributed by atoms with Crippen molar-refractivity contribution in [3.8, 4) is 11.3 Å². The number of benzene rings is 1. The van der Waals surface area contributed by atoms with Crippen LogP contribution in [0.1, 0.15) is 12.8 Å². The highest BCUT2D eigenvalue weighted by Crippen LogP contribution is 2.26. The fourth-order valence-corrected chi connectivity index (χ4v) is 2.97. The summed E-state index contributed by atoms with van der Waals surface area (Å²) in [5.41, 5.74) is 2.07. The Labute approximate surface area is 121 Å². The van der Waals surface area contributed by atoms with E-state index in [4.69, 9.17) is 16.3 Å². The zero-order valence-corrected chi connectivity index (χ0v) is 12.0. The number of rotatable bonds is 4. The molecule has 1 saturated heterocycles. The second-order valence-corrected chi connectivity index (χ2v) is 5.86. The van der Waals surface area contributed by atoms with Crippen LogP contribution in [0.2, 0.25) is 5.02 Å². The van der Waals surface area contributed by atoms with E-state index in [9.17, 15) is 0 Å². The molecule has 2 aromatic rings. The number of nitrogens with one attached hydrogen (secondary N) is 1. The van der Waals surface area contributed by atoms with E-state index in [0.29, 0.717) is 6.10 Å². The molecule has 1 atom stereocenters. The van der Waals surface area contributed by atoms with Gasteiger partial charge in [-0.2, -0.15) is 0 Å². The van der Waals surface area contributed by atoms with Crippen LogP contribution in [-0.4, -0.2) is 24.2 Å². The maximum Gasteiger partial charge on any atom is 0.183 e. The first-order chi connectivity index (χ1) is 9.31. The van der Waals surface area contributed by atoms with Gasteiger partial charge in [0.15, 0.2) is 5.13 Å².